The fourth-order valence-electron chi connectivity index (χ4n) is 2.66. The number of halogens is 2. The minimum absolute atomic E-state index is 0.00732. The summed E-state index contributed by atoms with van der Waals surface area (Å²) in [6.07, 6.45) is -1.60. The molecule has 3 N–H and O–H groups in total. The predicted molar refractivity (Wildman–Crippen MR) is 72.3 cm³/mol. The maximum Gasteiger partial charge on any atom is 0.315 e. The molecule has 0 aliphatic carbocycles. The molecular formula is C13H23F2N3O3. The molecule has 0 aromatic rings. The van der Waals surface area contributed by atoms with E-state index in [9.17, 15) is 18.7 Å². The van der Waals surface area contributed by atoms with E-state index in [2.05, 4.69) is 10.6 Å². The molecule has 2 amide bonds. The summed E-state index contributed by atoms with van der Waals surface area (Å²) >= 11 is 0. The Morgan fingerprint density at radius 1 is 1.52 bits per heavy atom. The third kappa shape index (κ3) is 4.49. The lowest BCUT2D eigenvalue weighted by atomic mass is 10.1. The van der Waals surface area contributed by atoms with Crippen molar-refractivity contribution in [2.75, 3.05) is 26.2 Å². The number of amides is 2. The van der Waals surface area contributed by atoms with Crippen LogP contribution in [0.25, 0.3) is 0 Å². The van der Waals surface area contributed by atoms with Crippen molar-refractivity contribution in [2.45, 2.75) is 50.5 Å². The zero-order valence-electron chi connectivity index (χ0n) is 12.3. The maximum atomic E-state index is 13.1. The number of rotatable bonds is 4. The number of aliphatic hydroxyl groups excluding tert-OH is 1. The fourth-order valence-corrected chi connectivity index (χ4v) is 2.66. The van der Waals surface area contributed by atoms with E-state index in [-0.39, 0.29) is 38.2 Å². The number of nitrogens with zero attached hydrogens (tertiary/aromatic N) is 1. The van der Waals surface area contributed by atoms with Crippen molar-refractivity contribution in [1.29, 1.82) is 0 Å². The van der Waals surface area contributed by atoms with E-state index >= 15 is 0 Å². The Hall–Kier alpha value is -0.990. The van der Waals surface area contributed by atoms with Crippen molar-refractivity contribution in [1.82, 2.24) is 15.5 Å². The van der Waals surface area contributed by atoms with Gasteiger partial charge in [-0.1, -0.05) is 0 Å². The largest absolute Gasteiger partial charge is 0.388 e. The fraction of sp³-hybridized carbons (Fsp3) is 0.923. The van der Waals surface area contributed by atoms with Crippen LogP contribution in [0.1, 0.15) is 20.3 Å². The monoisotopic (exact) mass is 307 g/mol. The first-order valence-corrected chi connectivity index (χ1v) is 7.24. The van der Waals surface area contributed by atoms with Gasteiger partial charge in [0.25, 0.3) is 5.92 Å². The number of likely N-dealkylation sites (tertiary alicyclic amines) is 1. The van der Waals surface area contributed by atoms with Crippen LogP contribution in [0, 0.1) is 0 Å². The molecule has 2 rings (SSSR count). The maximum absolute atomic E-state index is 13.1. The Kier molecular flexibility index (Phi) is 5.00. The van der Waals surface area contributed by atoms with E-state index in [1.807, 2.05) is 13.8 Å². The number of carbonyl (C=O) groups is 1. The lowest BCUT2D eigenvalue weighted by molar-refractivity contribution is -0.00728. The Balaban J connectivity index is 1.79. The summed E-state index contributed by atoms with van der Waals surface area (Å²) in [6.45, 7) is 4.09. The van der Waals surface area contributed by atoms with Crippen LogP contribution in [0.5, 0.6) is 0 Å². The molecule has 2 aliphatic rings. The first-order valence-electron chi connectivity index (χ1n) is 7.24. The van der Waals surface area contributed by atoms with Gasteiger partial charge in [-0.05, 0) is 13.8 Å². The molecule has 122 valence electrons. The van der Waals surface area contributed by atoms with Crippen LogP contribution in [0.4, 0.5) is 13.6 Å². The van der Waals surface area contributed by atoms with Crippen molar-refractivity contribution >= 4 is 6.03 Å². The minimum Gasteiger partial charge on any atom is -0.388 e. The van der Waals surface area contributed by atoms with Crippen LogP contribution >= 0.6 is 0 Å². The van der Waals surface area contributed by atoms with Crippen molar-refractivity contribution in [2.24, 2.45) is 0 Å². The lowest BCUT2D eigenvalue weighted by Crippen LogP contribution is -2.50. The zero-order chi connectivity index (χ0) is 15.6. The van der Waals surface area contributed by atoms with Crippen LogP contribution in [-0.2, 0) is 4.74 Å². The van der Waals surface area contributed by atoms with Crippen LogP contribution in [0.3, 0.4) is 0 Å². The molecule has 2 saturated heterocycles. The van der Waals surface area contributed by atoms with Gasteiger partial charge in [0.2, 0.25) is 0 Å². The van der Waals surface area contributed by atoms with E-state index in [0.29, 0.717) is 6.54 Å². The van der Waals surface area contributed by atoms with E-state index in [1.54, 1.807) is 4.90 Å². The average Bonchev–Trinajstić information content (AvgIpc) is 2.85. The predicted octanol–water partition coefficient (Wildman–Crippen LogP) is 0.163. The quantitative estimate of drug-likeness (QED) is 0.692. The normalized spacial score (nSPS) is 32.6. The summed E-state index contributed by atoms with van der Waals surface area (Å²) in [5.74, 6) is -2.65. The van der Waals surface area contributed by atoms with E-state index in [4.69, 9.17) is 4.74 Å². The van der Waals surface area contributed by atoms with Gasteiger partial charge in [0, 0.05) is 25.6 Å². The second-order valence-electron chi connectivity index (χ2n) is 6.08. The smallest absolute Gasteiger partial charge is 0.315 e. The Morgan fingerprint density at radius 3 is 2.81 bits per heavy atom. The molecule has 3 atom stereocenters. The summed E-state index contributed by atoms with van der Waals surface area (Å²) in [6, 6.07) is -0.894. The number of hydrogen-bond donors (Lipinski definition) is 3. The zero-order valence-corrected chi connectivity index (χ0v) is 12.3. The third-order valence-corrected chi connectivity index (χ3v) is 3.71. The highest BCUT2D eigenvalue weighted by molar-refractivity contribution is 5.74. The van der Waals surface area contributed by atoms with Crippen LogP contribution in [-0.4, -0.2) is 72.5 Å². The van der Waals surface area contributed by atoms with Crippen molar-refractivity contribution in [3.63, 3.8) is 0 Å². The minimum atomic E-state index is -2.65. The lowest BCUT2D eigenvalue weighted by Gasteiger charge is -2.23. The van der Waals surface area contributed by atoms with Gasteiger partial charge < -0.3 is 20.5 Å². The molecule has 0 aromatic carbocycles. The summed E-state index contributed by atoms with van der Waals surface area (Å²) in [5, 5.41) is 15.4. The van der Waals surface area contributed by atoms with Gasteiger partial charge in [0.05, 0.1) is 25.3 Å². The number of alkyl halides is 2. The molecular weight excluding hydrogens is 284 g/mol. The van der Waals surface area contributed by atoms with Crippen molar-refractivity contribution in [3.8, 4) is 0 Å². The van der Waals surface area contributed by atoms with Crippen molar-refractivity contribution in [3.05, 3.63) is 0 Å². The summed E-state index contributed by atoms with van der Waals surface area (Å²) < 4.78 is 31.7. The Labute approximate surface area is 122 Å². The number of carbonyl (C=O) groups excluding carboxylic acids is 1. The van der Waals surface area contributed by atoms with E-state index < -0.39 is 24.2 Å². The highest BCUT2D eigenvalue weighted by Gasteiger charge is 2.42. The van der Waals surface area contributed by atoms with Crippen LogP contribution < -0.4 is 10.6 Å². The molecule has 0 aromatic heterocycles. The van der Waals surface area contributed by atoms with Gasteiger partial charge >= 0.3 is 6.03 Å². The molecule has 21 heavy (non-hydrogen) atoms. The second-order valence-corrected chi connectivity index (χ2v) is 6.08. The molecule has 0 bridgehead atoms. The first-order chi connectivity index (χ1) is 9.77. The van der Waals surface area contributed by atoms with Crippen LogP contribution in [0.15, 0.2) is 0 Å². The summed E-state index contributed by atoms with van der Waals surface area (Å²) in [4.78, 5) is 13.2. The van der Waals surface area contributed by atoms with Crippen molar-refractivity contribution < 1.29 is 23.4 Å². The number of urea groups is 1. The number of ether oxygens (including phenoxy) is 1. The molecule has 2 fully saturated rings. The summed E-state index contributed by atoms with van der Waals surface area (Å²) in [5.41, 5.74) is 0. The Morgan fingerprint density at radius 2 is 2.24 bits per heavy atom. The topological polar surface area (TPSA) is 73.8 Å². The van der Waals surface area contributed by atoms with E-state index in [1.165, 1.54) is 0 Å². The van der Waals surface area contributed by atoms with Gasteiger partial charge in [-0.2, -0.15) is 0 Å². The molecule has 0 saturated carbocycles. The third-order valence-electron chi connectivity index (χ3n) is 3.71. The highest BCUT2D eigenvalue weighted by Crippen LogP contribution is 2.28. The average molecular weight is 307 g/mol. The SMILES string of the molecule is CC(C)NC(=O)N[C@H]1CO[C@@H](CN2CCC(F)(F)C2)[C@@H]1O. The molecule has 0 radical (unpaired) electrons. The first kappa shape index (κ1) is 16.4. The number of aliphatic hydroxyl groups is 1. The molecule has 2 aliphatic heterocycles. The number of nitrogens with one attached hydrogen (secondary N) is 2. The van der Waals surface area contributed by atoms with Gasteiger partial charge in [-0.15, -0.1) is 0 Å². The second kappa shape index (κ2) is 6.41. The molecule has 8 heteroatoms. The van der Waals surface area contributed by atoms with Crippen LogP contribution in [0.2, 0.25) is 0 Å². The molecule has 2 heterocycles. The molecule has 6 nitrogen and oxygen atoms in total. The van der Waals surface area contributed by atoms with Gasteiger partial charge in [-0.25, -0.2) is 13.6 Å². The summed E-state index contributed by atoms with van der Waals surface area (Å²) in [7, 11) is 0. The van der Waals surface area contributed by atoms with E-state index in [0.717, 1.165) is 0 Å². The standard InChI is InChI=1S/C13H23F2N3O3/c1-8(2)16-12(20)17-9-6-21-10(11(9)19)5-18-4-3-13(14,15)7-18/h8-11,19H,3-7H2,1-2H3,(H2,16,17,20)/t9-,10-,11+/m0/s1. The van der Waals surface area contributed by atoms with Gasteiger partial charge in [0.1, 0.15) is 6.10 Å². The molecule has 0 spiro atoms. The molecule has 0 unspecified atom stereocenters. The van der Waals surface area contributed by atoms with Gasteiger partial charge in [0.15, 0.2) is 0 Å². The van der Waals surface area contributed by atoms with Gasteiger partial charge in [-0.3, -0.25) is 4.90 Å². The Bertz CT molecular complexity index is 382. The number of hydrogen-bond acceptors (Lipinski definition) is 4. The highest BCUT2D eigenvalue weighted by atomic mass is 19.3.